The van der Waals surface area contributed by atoms with Crippen molar-refractivity contribution in [3.05, 3.63) is 32.5 Å². The molecule has 3 rings (SSSR count). The predicted molar refractivity (Wildman–Crippen MR) is 80.8 cm³/mol. The van der Waals surface area contributed by atoms with Crippen molar-refractivity contribution in [2.75, 3.05) is 19.4 Å². The van der Waals surface area contributed by atoms with Gasteiger partial charge in [0, 0.05) is 14.1 Å². The first-order valence-corrected chi connectivity index (χ1v) is 6.66. The number of pyridine rings is 1. The monoisotopic (exact) mass is 304 g/mol. The summed E-state index contributed by atoms with van der Waals surface area (Å²) in [5, 5.41) is 6.04. The summed E-state index contributed by atoms with van der Waals surface area (Å²) in [6, 6.07) is 1.47. The largest absolute Gasteiger partial charge is 0.337 e. The highest BCUT2D eigenvalue weighted by Gasteiger charge is 2.27. The molecule has 22 heavy (non-hydrogen) atoms. The molecule has 0 bridgehead atoms. The third kappa shape index (κ3) is 1.90. The van der Waals surface area contributed by atoms with Crippen LogP contribution < -0.4 is 21.9 Å². The van der Waals surface area contributed by atoms with Crippen LogP contribution in [0.15, 0.2) is 15.7 Å². The van der Waals surface area contributed by atoms with Crippen molar-refractivity contribution in [3.63, 3.8) is 0 Å². The number of aryl methyl sites for hydroxylation is 1. The van der Waals surface area contributed by atoms with E-state index >= 15 is 0 Å². The van der Waals surface area contributed by atoms with Gasteiger partial charge in [0.15, 0.2) is 11.9 Å². The summed E-state index contributed by atoms with van der Waals surface area (Å²) in [6.07, 6.45) is -0.409. The van der Waals surface area contributed by atoms with Crippen LogP contribution in [0.4, 0.5) is 5.82 Å². The molecule has 9 nitrogen and oxygen atoms in total. The zero-order valence-electron chi connectivity index (χ0n) is 12.7. The zero-order chi connectivity index (χ0) is 16.2. The molecule has 0 aliphatic carbocycles. The molecule has 0 radical (unpaired) electrons. The van der Waals surface area contributed by atoms with Crippen LogP contribution in [0.2, 0.25) is 0 Å². The Bertz CT molecular complexity index is 911. The number of nitrogens with one attached hydrogen (secondary N) is 2. The van der Waals surface area contributed by atoms with Gasteiger partial charge < -0.3 is 10.6 Å². The fourth-order valence-corrected chi connectivity index (χ4v) is 2.41. The summed E-state index contributed by atoms with van der Waals surface area (Å²) in [6.45, 7) is 0. The molecule has 1 aliphatic rings. The Balaban J connectivity index is 2.33. The minimum Gasteiger partial charge on any atom is -0.337 e. The van der Waals surface area contributed by atoms with Crippen LogP contribution in [-0.4, -0.2) is 45.3 Å². The molecular weight excluding hydrogens is 288 g/mol. The minimum absolute atomic E-state index is 0.226. The van der Waals surface area contributed by atoms with E-state index in [0.717, 1.165) is 4.57 Å². The molecule has 1 amide bonds. The van der Waals surface area contributed by atoms with E-state index in [0.29, 0.717) is 5.82 Å². The second kappa shape index (κ2) is 4.67. The lowest BCUT2D eigenvalue weighted by Gasteiger charge is -2.31. The van der Waals surface area contributed by atoms with Crippen molar-refractivity contribution >= 4 is 22.8 Å². The van der Waals surface area contributed by atoms with Crippen molar-refractivity contribution in [2.45, 2.75) is 6.29 Å². The summed E-state index contributed by atoms with van der Waals surface area (Å²) in [7, 11) is 6.53. The van der Waals surface area contributed by atoms with Crippen molar-refractivity contribution < 1.29 is 4.79 Å². The number of hydrogen-bond donors (Lipinski definition) is 2. The van der Waals surface area contributed by atoms with Gasteiger partial charge in [-0.3, -0.25) is 23.6 Å². The van der Waals surface area contributed by atoms with Crippen LogP contribution in [0.5, 0.6) is 0 Å². The molecule has 9 heteroatoms. The first kappa shape index (κ1) is 14.3. The Kier molecular flexibility index (Phi) is 3.03. The van der Waals surface area contributed by atoms with E-state index in [1.165, 1.54) is 24.7 Å². The normalized spacial score (nSPS) is 17.3. The Labute approximate surface area is 125 Å². The van der Waals surface area contributed by atoms with E-state index in [-0.39, 0.29) is 22.5 Å². The lowest BCUT2D eigenvalue weighted by Crippen LogP contribution is -2.53. The molecule has 2 aromatic rings. The molecule has 0 aromatic carbocycles. The minimum atomic E-state index is -0.476. The van der Waals surface area contributed by atoms with E-state index in [4.69, 9.17) is 0 Å². The average Bonchev–Trinajstić information content (AvgIpc) is 2.49. The number of nitrogens with zero attached hydrogens (tertiary/aromatic N) is 4. The van der Waals surface area contributed by atoms with Crippen molar-refractivity contribution in [1.82, 2.24) is 24.3 Å². The van der Waals surface area contributed by atoms with Gasteiger partial charge in [-0.05, 0) is 20.2 Å². The van der Waals surface area contributed by atoms with Crippen LogP contribution in [0, 0.1) is 0 Å². The molecule has 3 heterocycles. The predicted octanol–water partition coefficient (Wildman–Crippen LogP) is -1.37. The van der Waals surface area contributed by atoms with Crippen LogP contribution in [0.3, 0.4) is 0 Å². The van der Waals surface area contributed by atoms with Crippen molar-refractivity contribution in [2.24, 2.45) is 14.1 Å². The van der Waals surface area contributed by atoms with Gasteiger partial charge in [-0.1, -0.05) is 0 Å². The number of aromatic nitrogens is 3. The van der Waals surface area contributed by atoms with Crippen molar-refractivity contribution in [3.8, 4) is 0 Å². The van der Waals surface area contributed by atoms with Gasteiger partial charge in [0.1, 0.15) is 5.82 Å². The highest BCUT2D eigenvalue weighted by Crippen LogP contribution is 2.21. The van der Waals surface area contributed by atoms with E-state index < -0.39 is 17.5 Å². The van der Waals surface area contributed by atoms with Gasteiger partial charge in [-0.25, -0.2) is 9.78 Å². The Hall–Kier alpha value is -2.68. The van der Waals surface area contributed by atoms with E-state index in [9.17, 15) is 14.4 Å². The fraction of sp³-hybridized carbons (Fsp3) is 0.385. The van der Waals surface area contributed by atoms with Gasteiger partial charge in [-0.15, -0.1) is 0 Å². The standard InChI is InChI=1S/C13H16N6O3/c1-17(2)12-15-8-6(10(20)16-12)5-7-9(14-8)18(3)13(22)19(4)11(7)21/h5,12H,1-4H3,(H,14,15)(H,16,20). The Morgan fingerprint density at radius 2 is 1.82 bits per heavy atom. The van der Waals surface area contributed by atoms with Gasteiger partial charge >= 0.3 is 5.69 Å². The fourth-order valence-electron chi connectivity index (χ4n) is 2.41. The van der Waals surface area contributed by atoms with Gasteiger partial charge in [0.25, 0.3) is 11.5 Å². The van der Waals surface area contributed by atoms with Crippen LogP contribution >= 0.6 is 0 Å². The highest BCUT2D eigenvalue weighted by molar-refractivity contribution is 6.03. The quantitative estimate of drug-likeness (QED) is 0.674. The zero-order valence-corrected chi connectivity index (χ0v) is 12.7. The summed E-state index contributed by atoms with van der Waals surface area (Å²) < 4.78 is 2.28. The Morgan fingerprint density at radius 1 is 1.14 bits per heavy atom. The maximum Gasteiger partial charge on any atom is 0.332 e. The second-order valence-electron chi connectivity index (χ2n) is 5.45. The van der Waals surface area contributed by atoms with E-state index in [2.05, 4.69) is 15.6 Å². The van der Waals surface area contributed by atoms with Crippen LogP contribution in [0.25, 0.3) is 11.0 Å². The molecule has 1 atom stereocenters. The first-order valence-electron chi connectivity index (χ1n) is 6.66. The third-order valence-electron chi connectivity index (χ3n) is 3.73. The number of carbonyl (C=O) groups excluding carboxylic acids is 1. The third-order valence-corrected chi connectivity index (χ3v) is 3.73. The average molecular weight is 304 g/mol. The molecule has 0 saturated heterocycles. The maximum atomic E-state index is 12.2. The van der Waals surface area contributed by atoms with E-state index in [1.807, 2.05) is 0 Å². The summed E-state index contributed by atoms with van der Waals surface area (Å²) in [4.78, 5) is 42.5. The molecule has 2 N–H and O–H groups in total. The van der Waals surface area contributed by atoms with Crippen LogP contribution in [0.1, 0.15) is 10.4 Å². The maximum absolute atomic E-state index is 12.2. The molecule has 1 aliphatic heterocycles. The molecular formula is C13H16N6O3. The summed E-state index contributed by atoms with van der Waals surface area (Å²) in [5.41, 5.74) is -0.418. The number of amides is 1. The molecule has 0 fully saturated rings. The molecule has 1 unspecified atom stereocenters. The summed E-state index contributed by atoms with van der Waals surface area (Å²) >= 11 is 0. The molecule has 2 aromatic heterocycles. The smallest absolute Gasteiger partial charge is 0.332 e. The van der Waals surface area contributed by atoms with Gasteiger partial charge in [0.05, 0.1) is 10.9 Å². The Morgan fingerprint density at radius 3 is 2.45 bits per heavy atom. The number of rotatable bonds is 1. The molecule has 0 saturated carbocycles. The lowest BCUT2D eigenvalue weighted by atomic mass is 10.1. The molecule has 116 valence electrons. The SMILES string of the molecule is CN(C)C1NC(=O)c2cc3c(=O)n(C)c(=O)n(C)c3nc2N1. The number of hydrogen-bond acceptors (Lipinski definition) is 6. The number of anilines is 1. The summed E-state index contributed by atoms with van der Waals surface area (Å²) in [5.74, 6) is 0.0240. The van der Waals surface area contributed by atoms with Gasteiger partial charge in [0.2, 0.25) is 0 Å². The second-order valence-corrected chi connectivity index (χ2v) is 5.45. The van der Waals surface area contributed by atoms with Crippen molar-refractivity contribution in [1.29, 1.82) is 0 Å². The topological polar surface area (TPSA) is 101 Å². The first-order chi connectivity index (χ1) is 10.3. The highest BCUT2D eigenvalue weighted by atomic mass is 16.2. The number of fused-ring (bicyclic) bond motifs is 2. The number of carbonyl (C=O) groups is 1. The molecule has 0 spiro atoms. The lowest BCUT2D eigenvalue weighted by molar-refractivity contribution is 0.0893. The van der Waals surface area contributed by atoms with Gasteiger partial charge in [-0.2, -0.15) is 0 Å². The van der Waals surface area contributed by atoms with E-state index in [1.54, 1.807) is 19.0 Å². The van der Waals surface area contributed by atoms with Crippen LogP contribution in [-0.2, 0) is 14.1 Å².